The van der Waals surface area contributed by atoms with Gasteiger partial charge in [-0.2, -0.15) is 0 Å². The number of carbonyl (C=O) groups excluding carboxylic acids is 1. The van der Waals surface area contributed by atoms with Gasteiger partial charge in [0.1, 0.15) is 5.75 Å². The zero-order chi connectivity index (χ0) is 14.4. The SMILES string of the molecule is CC(N)Cc1cccc(Cl)c1OCC(=O)OC(C)C. The average molecular weight is 286 g/mol. The minimum atomic E-state index is -0.415. The summed E-state index contributed by atoms with van der Waals surface area (Å²) in [5.41, 5.74) is 6.66. The second-order valence-corrected chi connectivity index (χ2v) is 5.14. The van der Waals surface area contributed by atoms with Crippen molar-refractivity contribution in [3.8, 4) is 5.75 Å². The smallest absolute Gasteiger partial charge is 0.344 e. The van der Waals surface area contributed by atoms with Crippen LogP contribution in [0.25, 0.3) is 0 Å². The van der Waals surface area contributed by atoms with Crippen molar-refractivity contribution in [1.29, 1.82) is 0 Å². The third-order valence-corrected chi connectivity index (χ3v) is 2.59. The summed E-state index contributed by atoms with van der Waals surface area (Å²) in [7, 11) is 0. The fourth-order valence-electron chi connectivity index (χ4n) is 1.65. The van der Waals surface area contributed by atoms with E-state index in [1.165, 1.54) is 0 Å². The molecule has 0 aliphatic heterocycles. The fourth-order valence-corrected chi connectivity index (χ4v) is 1.90. The monoisotopic (exact) mass is 285 g/mol. The molecule has 106 valence electrons. The largest absolute Gasteiger partial charge is 0.480 e. The second kappa shape index (κ2) is 7.36. The topological polar surface area (TPSA) is 61.5 Å². The Labute approximate surface area is 118 Å². The van der Waals surface area contributed by atoms with E-state index in [1.807, 2.05) is 19.1 Å². The maximum atomic E-state index is 11.5. The van der Waals surface area contributed by atoms with Crippen LogP contribution >= 0.6 is 11.6 Å². The van der Waals surface area contributed by atoms with Crippen molar-refractivity contribution in [3.05, 3.63) is 28.8 Å². The molecule has 1 rings (SSSR count). The highest BCUT2D eigenvalue weighted by Gasteiger charge is 2.13. The highest BCUT2D eigenvalue weighted by molar-refractivity contribution is 6.32. The van der Waals surface area contributed by atoms with Crippen molar-refractivity contribution in [2.75, 3.05) is 6.61 Å². The van der Waals surface area contributed by atoms with Crippen LogP contribution in [-0.2, 0) is 16.0 Å². The van der Waals surface area contributed by atoms with Crippen LogP contribution in [-0.4, -0.2) is 24.7 Å². The lowest BCUT2D eigenvalue weighted by Gasteiger charge is -2.15. The van der Waals surface area contributed by atoms with Crippen LogP contribution in [0.1, 0.15) is 26.3 Å². The molecule has 0 aliphatic rings. The van der Waals surface area contributed by atoms with Gasteiger partial charge in [0.05, 0.1) is 11.1 Å². The molecule has 1 aromatic rings. The van der Waals surface area contributed by atoms with Gasteiger partial charge in [-0.3, -0.25) is 0 Å². The van der Waals surface area contributed by atoms with Gasteiger partial charge in [0.2, 0.25) is 0 Å². The molecule has 0 radical (unpaired) electrons. The Balaban J connectivity index is 2.73. The van der Waals surface area contributed by atoms with Crippen LogP contribution < -0.4 is 10.5 Å². The third-order valence-electron chi connectivity index (χ3n) is 2.29. The van der Waals surface area contributed by atoms with Crippen molar-refractivity contribution in [2.45, 2.75) is 39.3 Å². The van der Waals surface area contributed by atoms with Crippen LogP contribution in [0, 0.1) is 0 Å². The Hall–Kier alpha value is -1.26. The van der Waals surface area contributed by atoms with Gasteiger partial charge < -0.3 is 15.2 Å². The zero-order valence-electron chi connectivity index (χ0n) is 11.5. The van der Waals surface area contributed by atoms with Gasteiger partial charge in [0, 0.05) is 6.04 Å². The van der Waals surface area contributed by atoms with Gasteiger partial charge in [-0.15, -0.1) is 0 Å². The van der Waals surface area contributed by atoms with E-state index in [0.29, 0.717) is 17.2 Å². The normalized spacial score (nSPS) is 12.3. The lowest BCUT2D eigenvalue weighted by atomic mass is 10.1. The quantitative estimate of drug-likeness (QED) is 0.816. The number of rotatable bonds is 6. The Morgan fingerprint density at radius 3 is 2.63 bits per heavy atom. The standard InChI is InChI=1S/C14H20ClNO3/c1-9(2)19-13(17)8-18-14-11(7-10(3)16)5-4-6-12(14)15/h4-6,9-10H,7-8,16H2,1-3H3. The van der Waals surface area contributed by atoms with E-state index in [2.05, 4.69) is 0 Å². The van der Waals surface area contributed by atoms with E-state index in [1.54, 1.807) is 19.9 Å². The summed E-state index contributed by atoms with van der Waals surface area (Å²) in [5.74, 6) is 0.0869. The first-order valence-electron chi connectivity index (χ1n) is 6.25. The molecule has 0 saturated carbocycles. The molecule has 5 heteroatoms. The maximum Gasteiger partial charge on any atom is 0.344 e. The van der Waals surface area contributed by atoms with Crippen molar-refractivity contribution in [1.82, 2.24) is 0 Å². The van der Waals surface area contributed by atoms with Gasteiger partial charge in [0.15, 0.2) is 6.61 Å². The predicted octanol–water partition coefficient (Wildman–Crippen LogP) is 2.56. The van der Waals surface area contributed by atoms with Crippen LogP contribution in [0.4, 0.5) is 0 Å². The van der Waals surface area contributed by atoms with Crippen molar-refractivity contribution >= 4 is 17.6 Å². The molecule has 1 atom stereocenters. The summed E-state index contributed by atoms with van der Waals surface area (Å²) in [6.07, 6.45) is 0.473. The molecule has 0 heterocycles. The molecule has 1 unspecified atom stereocenters. The number of para-hydroxylation sites is 1. The molecule has 0 amide bonds. The summed E-state index contributed by atoms with van der Waals surface area (Å²) in [6, 6.07) is 5.43. The van der Waals surface area contributed by atoms with E-state index < -0.39 is 5.97 Å². The number of carbonyl (C=O) groups is 1. The molecule has 0 bridgehead atoms. The highest BCUT2D eigenvalue weighted by atomic mass is 35.5. The fraction of sp³-hybridized carbons (Fsp3) is 0.500. The first-order chi connectivity index (χ1) is 8.90. The molecule has 0 spiro atoms. The number of ether oxygens (including phenoxy) is 2. The van der Waals surface area contributed by atoms with Gasteiger partial charge >= 0.3 is 5.97 Å². The van der Waals surface area contributed by atoms with Crippen molar-refractivity contribution in [2.24, 2.45) is 5.73 Å². The Bertz CT molecular complexity index is 433. The molecule has 0 aromatic heterocycles. The van der Waals surface area contributed by atoms with Gasteiger partial charge in [0.25, 0.3) is 0 Å². The summed E-state index contributed by atoms with van der Waals surface area (Å²) >= 11 is 6.08. The Morgan fingerprint density at radius 1 is 1.37 bits per heavy atom. The predicted molar refractivity (Wildman–Crippen MR) is 75.5 cm³/mol. The van der Waals surface area contributed by atoms with E-state index in [4.69, 9.17) is 26.8 Å². The average Bonchev–Trinajstić information content (AvgIpc) is 2.26. The highest BCUT2D eigenvalue weighted by Crippen LogP contribution is 2.29. The number of nitrogens with two attached hydrogens (primary N) is 1. The van der Waals surface area contributed by atoms with Crippen LogP contribution in [0.2, 0.25) is 5.02 Å². The Morgan fingerprint density at radius 2 is 2.05 bits per heavy atom. The minimum Gasteiger partial charge on any atom is -0.480 e. The van der Waals surface area contributed by atoms with Crippen LogP contribution in [0.15, 0.2) is 18.2 Å². The van der Waals surface area contributed by atoms with E-state index >= 15 is 0 Å². The van der Waals surface area contributed by atoms with E-state index in [9.17, 15) is 4.79 Å². The second-order valence-electron chi connectivity index (χ2n) is 4.74. The van der Waals surface area contributed by atoms with Crippen LogP contribution in [0.3, 0.4) is 0 Å². The Kier molecular flexibility index (Phi) is 6.12. The maximum absolute atomic E-state index is 11.5. The van der Waals surface area contributed by atoms with Crippen LogP contribution in [0.5, 0.6) is 5.75 Å². The molecular weight excluding hydrogens is 266 g/mol. The lowest BCUT2D eigenvalue weighted by molar-refractivity contribution is -0.149. The van der Waals surface area contributed by atoms with Gasteiger partial charge in [-0.05, 0) is 38.8 Å². The third kappa shape index (κ3) is 5.49. The zero-order valence-corrected chi connectivity index (χ0v) is 12.2. The molecule has 0 aliphatic carbocycles. The van der Waals surface area contributed by atoms with E-state index in [0.717, 1.165) is 5.56 Å². The molecule has 2 N–H and O–H groups in total. The minimum absolute atomic E-state index is 0.0107. The molecular formula is C14H20ClNO3. The van der Waals surface area contributed by atoms with E-state index in [-0.39, 0.29) is 18.8 Å². The number of hydrogen-bond acceptors (Lipinski definition) is 4. The number of halogens is 1. The van der Waals surface area contributed by atoms with Gasteiger partial charge in [-0.25, -0.2) is 4.79 Å². The summed E-state index contributed by atoms with van der Waals surface area (Å²) in [5, 5.41) is 0.468. The number of hydrogen-bond donors (Lipinski definition) is 1. The van der Waals surface area contributed by atoms with Crippen molar-refractivity contribution < 1.29 is 14.3 Å². The van der Waals surface area contributed by atoms with Crippen molar-refractivity contribution in [3.63, 3.8) is 0 Å². The first-order valence-corrected chi connectivity index (χ1v) is 6.63. The summed E-state index contributed by atoms with van der Waals surface area (Å²) in [4.78, 5) is 11.5. The molecule has 0 saturated heterocycles. The molecule has 4 nitrogen and oxygen atoms in total. The molecule has 19 heavy (non-hydrogen) atoms. The number of benzene rings is 1. The van der Waals surface area contributed by atoms with Gasteiger partial charge in [-0.1, -0.05) is 23.7 Å². The first kappa shape index (κ1) is 15.8. The molecule has 1 aromatic carbocycles. The summed E-state index contributed by atoms with van der Waals surface area (Å²) < 4.78 is 10.5. The molecule has 0 fully saturated rings. The summed E-state index contributed by atoms with van der Waals surface area (Å²) in [6.45, 7) is 5.31. The number of esters is 1. The lowest BCUT2D eigenvalue weighted by Crippen LogP contribution is -2.21.